The van der Waals surface area contributed by atoms with Gasteiger partial charge >= 0.3 is 0 Å². The van der Waals surface area contributed by atoms with Crippen LogP contribution in [0.1, 0.15) is 17.0 Å². The third kappa shape index (κ3) is 4.10. The monoisotopic (exact) mass is 489 g/mol. The first-order valence-electron chi connectivity index (χ1n) is 11.5. The zero-order valence-electron chi connectivity index (χ0n) is 19.4. The zero-order valence-corrected chi connectivity index (χ0v) is 19.4. The van der Waals surface area contributed by atoms with Crippen molar-refractivity contribution in [2.24, 2.45) is 0 Å². The molecule has 4 aromatic heterocycles. The van der Waals surface area contributed by atoms with Gasteiger partial charge in [0.15, 0.2) is 11.4 Å². The lowest BCUT2D eigenvalue weighted by Gasteiger charge is -2.30. The van der Waals surface area contributed by atoms with Crippen molar-refractivity contribution in [2.45, 2.75) is 31.5 Å². The summed E-state index contributed by atoms with van der Waals surface area (Å²) in [5.74, 6) is 1.34. The fourth-order valence-corrected chi connectivity index (χ4v) is 4.48. The third-order valence-electron chi connectivity index (χ3n) is 6.30. The maximum Gasteiger partial charge on any atom is 0.276 e. The Morgan fingerprint density at radius 3 is 2.92 bits per heavy atom. The highest BCUT2D eigenvalue weighted by molar-refractivity contribution is 5.72. The van der Waals surface area contributed by atoms with E-state index in [1.54, 1.807) is 24.4 Å². The van der Waals surface area contributed by atoms with Gasteiger partial charge in [0, 0.05) is 43.3 Å². The third-order valence-corrected chi connectivity index (χ3v) is 6.30. The summed E-state index contributed by atoms with van der Waals surface area (Å²) >= 11 is 0. The van der Waals surface area contributed by atoms with Gasteiger partial charge in [-0.3, -0.25) is 14.3 Å². The second kappa shape index (κ2) is 9.13. The minimum Gasteiger partial charge on any atom is -0.484 e. The lowest BCUT2D eigenvalue weighted by Crippen LogP contribution is -2.45. The van der Waals surface area contributed by atoms with Gasteiger partial charge in [-0.05, 0) is 17.7 Å². The predicted molar refractivity (Wildman–Crippen MR) is 127 cm³/mol. The number of hydrogen-bond acceptors (Lipinski definition) is 11. The van der Waals surface area contributed by atoms with Crippen molar-refractivity contribution in [3.8, 4) is 23.2 Å². The summed E-state index contributed by atoms with van der Waals surface area (Å²) in [5.41, 5.74) is 3.56. The molecule has 0 aromatic carbocycles. The number of pyridine rings is 2. The number of rotatable bonds is 5. The maximum atomic E-state index is 12.7. The van der Waals surface area contributed by atoms with Crippen LogP contribution in [0.25, 0.3) is 16.9 Å². The normalized spacial score (nSPS) is 18.6. The molecule has 0 fully saturated rings. The Labute approximate surface area is 204 Å². The van der Waals surface area contributed by atoms with E-state index in [2.05, 4.69) is 30.5 Å². The van der Waals surface area contributed by atoms with Crippen molar-refractivity contribution < 1.29 is 19.3 Å². The molecule has 0 spiro atoms. The van der Waals surface area contributed by atoms with E-state index in [0.29, 0.717) is 72.7 Å². The Morgan fingerprint density at radius 2 is 2.03 bits per heavy atom. The van der Waals surface area contributed by atoms with Crippen LogP contribution in [-0.2, 0) is 19.4 Å². The van der Waals surface area contributed by atoms with E-state index in [1.807, 2.05) is 6.07 Å². The number of nitrogens with one attached hydrogen (secondary N) is 1. The number of ether oxygens (including phenoxy) is 3. The minimum atomic E-state index is -0.649. The molecule has 1 aliphatic carbocycles. The highest BCUT2D eigenvalue weighted by Crippen LogP contribution is 2.27. The van der Waals surface area contributed by atoms with Gasteiger partial charge in [-0.1, -0.05) is 0 Å². The quantitative estimate of drug-likeness (QED) is 0.401. The highest BCUT2D eigenvalue weighted by atomic mass is 16.6. The molecule has 36 heavy (non-hydrogen) atoms. The second-order valence-electron chi connectivity index (χ2n) is 8.59. The summed E-state index contributed by atoms with van der Waals surface area (Å²) in [5, 5.41) is 22.4. The Morgan fingerprint density at radius 1 is 1.14 bits per heavy atom. The van der Waals surface area contributed by atoms with Crippen LogP contribution in [-0.4, -0.2) is 67.3 Å². The summed E-state index contributed by atoms with van der Waals surface area (Å²) in [6, 6.07) is 6.88. The fourth-order valence-electron chi connectivity index (χ4n) is 4.48. The van der Waals surface area contributed by atoms with E-state index in [1.165, 1.54) is 17.9 Å². The number of methoxy groups -OCH3 is 1. The molecular weight excluding hydrogens is 466 g/mol. The largest absolute Gasteiger partial charge is 0.484 e. The predicted octanol–water partition coefficient (Wildman–Crippen LogP) is 0.363. The Bertz CT molecular complexity index is 1510. The average Bonchev–Trinajstić information content (AvgIpc) is 2.91. The molecule has 2 atom stereocenters. The number of hydrogen-bond donors (Lipinski definition) is 2. The molecule has 6 rings (SSSR count). The lowest BCUT2D eigenvalue weighted by atomic mass is 9.89. The summed E-state index contributed by atoms with van der Waals surface area (Å²) in [4.78, 5) is 26.0. The molecule has 4 aromatic rings. The van der Waals surface area contributed by atoms with Crippen LogP contribution in [0.15, 0.2) is 41.5 Å². The van der Waals surface area contributed by atoms with Crippen LogP contribution >= 0.6 is 0 Å². The standard InChI is InChI=1S/C24H23N7O5/c1-34-21-3-2-16-23(28-21)31(22(33)12-27-16)15-6-13-7-19(32)18(9-17(13)26-11-15)25-10-14-8-20-24(30-29-14)36-5-4-35-20/h2-3,6,8,11-12,18-19,25,32H,4-5,7,9-10H2,1H3. The summed E-state index contributed by atoms with van der Waals surface area (Å²) in [6.07, 6.45) is 3.15. The molecule has 2 N–H and O–H groups in total. The van der Waals surface area contributed by atoms with E-state index in [0.717, 1.165) is 11.3 Å². The van der Waals surface area contributed by atoms with Gasteiger partial charge in [0.25, 0.3) is 11.4 Å². The molecule has 0 saturated heterocycles. The molecule has 1 aliphatic heterocycles. The number of aromatic nitrogens is 6. The van der Waals surface area contributed by atoms with Crippen LogP contribution < -0.4 is 25.1 Å². The van der Waals surface area contributed by atoms with Gasteiger partial charge in [0.1, 0.15) is 18.7 Å². The average molecular weight is 489 g/mol. The molecule has 0 radical (unpaired) electrons. The van der Waals surface area contributed by atoms with Gasteiger partial charge in [0.05, 0.1) is 37.0 Å². The summed E-state index contributed by atoms with van der Waals surface area (Å²) in [7, 11) is 1.51. The van der Waals surface area contributed by atoms with Crippen molar-refractivity contribution >= 4 is 11.2 Å². The highest BCUT2D eigenvalue weighted by Gasteiger charge is 2.28. The topological polar surface area (TPSA) is 146 Å². The van der Waals surface area contributed by atoms with Gasteiger partial charge in [0.2, 0.25) is 5.88 Å². The van der Waals surface area contributed by atoms with Gasteiger partial charge in [-0.2, -0.15) is 10.1 Å². The molecule has 0 amide bonds. The smallest absolute Gasteiger partial charge is 0.276 e. The molecule has 184 valence electrons. The molecule has 0 bridgehead atoms. The lowest BCUT2D eigenvalue weighted by molar-refractivity contribution is 0.117. The zero-order chi connectivity index (χ0) is 24.6. The number of aliphatic hydroxyl groups excluding tert-OH is 1. The first kappa shape index (κ1) is 22.3. The minimum absolute atomic E-state index is 0.221. The molecule has 5 heterocycles. The molecule has 12 heteroatoms. The SMILES string of the molecule is COc1ccc2ncc(=O)n(-c3cnc4c(c3)CC(O)C(NCc3cc5c(nn3)OCCO5)C4)c2n1. The van der Waals surface area contributed by atoms with Crippen molar-refractivity contribution in [3.63, 3.8) is 0 Å². The number of fused-ring (bicyclic) bond motifs is 3. The molecule has 2 unspecified atom stereocenters. The number of nitrogens with zero attached hydrogens (tertiary/aromatic N) is 6. The molecular formula is C24H23N7O5. The van der Waals surface area contributed by atoms with E-state index in [9.17, 15) is 9.90 Å². The van der Waals surface area contributed by atoms with Crippen molar-refractivity contribution in [1.29, 1.82) is 0 Å². The number of aliphatic hydroxyl groups is 1. The van der Waals surface area contributed by atoms with Crippen LogP contribution in [0.4, 0.5) is 0 Å². The fraction of sp³-hybridized carbons (Fsp3) is 0.333. The van der Waals surface area contributed by atoms with Crippen LogP contribution in [0.3, 0.4) is 0 Å². The molecule has 2 aliphatic rings. The molecule has 0 saturated carbocycles. The van der Waals surface area contributed by atoms with Gasteiger partial charge in [-0.25, -0.2) is 4.98 Å². The Balaban J connectivity index is 1.24. The first-order chi connectivity index (χ1) is 17.6. The van der Waals surface area contributed by atoms with Gasteiger partial charge in [-0.15, -0.1) is 5.10 Å². The van der Waals surface area contributed by atoms with Crippen LogP contribution in [0, 0.1) is 0 Å². The summed E-state index contributed by atoms with van der Waals surface area (Å²) in [6.45, 7) is 1.34. The van der Waals surface area contributed by atoms with E-state index in [-0.39, 0.29) is 11.6 Å². The van der Waals surface area contributed by atoms with E-state index >= 15 is 0 Å². The first-order valence-corrected chi connectivity index (χ1v) is 11.5. The Kier molecular flexibility index (Phi) is 5.66. The van der Waals surface area contributed by atoms with Gasteiger partial charge < -0.3 is 24.6 Å². The van der Waals surface area contributed by atoms with E-state index < -0.39 is 6.10 Å². The van der Waals surface area contributed by atoms with Crippen molar-refractivity contribution in [3.05, 3.63) is 64.0 Å². The van der Waals surface area contributed by atoms with Crippen molar-refractivity contribution in [2.75, 3.05) is 20.3 Å². The van der Waals surface area contributed by atoms with Crippen LogP contribution in [0.5, 0.6) is 17.5 Å². The molecule has 12 nitrogen and oxygen atoms in total. The second-order valence-corrected chi connectivity index (χ2v) is 8.59. The summed E-state index contributed by atoms with van der Waals surface area (Å²) < 4.78 is 17.7. The van der Waals surface area contributed by atoms with E-state index in [4.69, 9.17) is 14.2 Å². The van der Waals surface area contributed by atoms with Crippen LogP contribution in [0.2, 0.25) is 0 Å². The Hall–Kier alpha value is -4.16. The maximum absolute atomic E-state index is 12.7. The van der Waals surface area contributed by atoms with Crippen molar-refractivity contribution in [1.82, 2.24) is 35.0 Å².